The third kappa shape index (κ3) is 4.73. The molecule has 58 heavy (non-hydrogen) atoms. The molecule has 0 saturated carbocycles. The molecule has 0 bridgehead atoms. The Morgan fingerprint density at radius 3 is 1.48 bits per heavy atom. The fourth-order valence-electron chi connectivity index (χ4n) is 9.78. The van der Waals surface area contributed by atoms with E-state index in [0.29, 0.717) is 0 Å². The van der Waals surface area contributed by atoms with Crippen molar-refractivity contribution in [3.63, 3.8) is 0 Å². The van der Waals surface area contributed by atoms with Gasteiger partial charge in [0.1, 0.15) is 11.5 Å². The summed E-state index contributed by atoms with van der Waals surface area (Å²) in [6.45, 7) is 0. The third-order valence-corrected chi connectivity index (χ3v) is 17.1. The highest BCUT2D eigenvalue weighted by Gasteiger charge is 2.48. The average Bonchev–Trinajstić information content (AvgIpc) is 3.81. The largest absolute Gasteiger partial charge is 0.458 e. The number of aromatic nitrogens is 2. The topological polar surface area (TPSA) is 19.1 Å². The molecule has 0 amide bonds. The van der Waals surface area contributed by atoms with Crippen LogP contribution in [-0.4, -0.2) is 17.2 Å². The maximum absolute atomic E-state index is 6.68. The van der Waals surface area contributed by atoms with Gasteiger partial charge in [0.15, 0.2) is 8.07 Å². The third-order valence-electron chi connectivity index (χ3n) is 12.2. The van der Waals surface area contributed by atoms with Gasteiger partial charge in [0.2, 0.25) is 0 Å². The van der Waals surface area contributed by atoms with Gasteiger partial charge in [-0.3, -0.25) is 0 Å². The first-order valence-corrected chi connectivity index (χ1v) is 21.9. The van der Waals surface area contributed by atoms with Crippen LogP contribution in [0.1, 0.15) is 0 Å². The second-order valence-corrected chi connectivity index (χ2v) is 19.0. The van der Waals surface area contributed by atoms with Crippen LogP contribution in [0.2, 0.25) is 0 Å². The molecule has 9 aromatic carbocycles. The Bertz CT molecular complexity index is 3330. The minimum Gasteiger partial charge on any atom is -0.458 e. The molecule has 11 aromatic rings. The second kappa shape index (κ2) is 12.8. The van der Waals surface area contributed by atoms with Gasteiger partial charge in [-0.25, -0.2) is 0 Å². The lowest BCUT2D eigenvalue weighted by Crippen LogP contribution is -2.76. The second-order valence-electron chi connectivity index (χ2n) is 15.3. The minimum absolute atomic E-state index is 0.937. The van der Waals surface area contributed by atoms with Crippen molar-refractivity contribution >= 4 is 72.4 Å². The number of para-hydroxylation sites is 4. The maximum Gasteiger partial charge on any atom is 0.188 e. The zero-order valence-corrected chi connectivity index (χ0v) is 32.6. The summed E-state index contributed by atoms with van der Waals surface area (Å²) in [7, 11) is -2.86. The molecule has 0 aliphatic carbocycles. The van der Waals surface area contributed by atoms with E-state index in [-0.39, 0.29) is 0 Å². The molecule has 3 nitrogen and oxygen atoms in total. The molecule has 1 aliphatic heterocycles. The van der Waals surface area contributed by atoms with Crippen LogP contribution in [-0.2, 0) is 0 Å². The standard InChI is InChI=1S/C54H36N2OSi/c1-3-16-37(17-4-1)38-18-15-19-39(34-38)55-47-24-9-7-22-43(47)45-32-30-40(35-49(45)55)56-48-25-10-8-23-44(48)46-33-31-42(36-50(46)56)58(41-20-5-2-6-21-41)53-28-13-11-26-51(53)57-52-27-12-14-29-54(52)58/h1-36H. The molecule has 0 spiro atoms. The summed E-state index contributed by atoms with van der Waals surface area (Å²) < 4.78 is 11.6. The Hall–Kier alpha value is -7.40. The van der Waals surface area contributed by atoms with Gasteiger partial charge >= 0.3 is 0 Å². The highest BCUT2D eigenvalue weighted by molar-refractivity contribution is 7.20. The van der Waals surface area contributed by atoms with E-state index < -0.39 is 8.07 Å². The summed E-state index contributed by atoms with van der Waals surface area (Å²) in [5.41, 5.74) is 9.41. The normalized spacial score (nSPS) is 13.1. The Kier molecular flexibility index (Phi) is 7.25. The van der Waals surface area contributed by atoms with Gasteiger partial charge in [0.25, 0.3) is 0 Å². The van der Waals surface area contributed by atoms with Gasteiger partial charge in [0, 0.05) is 32.9 Å². The predicted molar refractivity (Wildman–Crippen MR) is 244 cm³/mol. The van der Waals surface area contributed by atoms with Crippen molar-refractivity contribution in [1.82, 2.24) is 9.13 Å². The van der Waals surface area contributed by atoms with E-state index >= 15 is 0 Å². The van der Waals surface area contributed by atoms with Crippen molar-refractivity contribution in [1.29, 1.82) is 0 Å². The molecule has 2 aromatic heterocycles. The van der Waals surface area contributed by atoms with Crippen LogP contribution in [0, 0.1) is 0 Å². The van der Waals surface area contributed by atoms with Crippen molar-refractivity contribution < 1.29 is 4.74 Å². The summed E-state index contributed by atoms with van der Waals surface area (Å²) >= 11 is 0. The molecule has 0 atom stereocenters. The van der Waals surface area contributed by atoms with Crippen LogP contribution in [0.25, 0.3) is 66.1 Å². The minimum atomic E-state index is -2.86. The van der Waals surface area contributed by atoms with Crippen LogP contribution in [0.3, 0.4) is 0 Å². The van der Waals surface area contributed by atoms with E-state index in [2.05, 4.69) is 228 Å². The molecule has 272 valence electrons. The van der Waals surface area contributed by atoms with Crippen molar-refractivity contribution in [2.24, 2.45) is 0 Å². The lowest BCUT2D eigenvalue weighted by Gasteiger charge is -2.39. The number of hydrogen-bond donors (Lipinski definition) is 0. The maximum atomic E-state index is 6.68. The van der Waals surface area contributed by atoms with Crippen molar-refractivity contribution in [3.8, 4) is 34.0 Å². The molecule has 4 heteroatoms. The number of rotatable bonds is 5. The summed E-state index contributed by atoms with van der Waals surface area (Å²) in [6.07, 6.45) is 0. The molecule has 0 unspecified atom stereocenters. The zero-order chi connectivity index (χ0) is 38.2. The SMILES string of the molecule is c1ccc(-c2cccc(-n3c4ccccc4c4ccc(-n5c6ccccc6c6ccc([Si]7(c8ccccc8)c8ccccc8Oc8ccccc87)cc65)cc43)c2)cc1. The molecular weight excluding hydrogens is 721 g/mol. The van der Waals surface area contributed by atoms with Gasteiger partial charge in [-0.05, 0) is 86.5 Å². The van der Waals surface area contributed by atoms with Crippen LogP contribution >= 0.6 is 0 Å². The van der Waals surface area contributed by atoms with E-state index in [1.54, 1.807) is 0 Å². The number of nitrogens with zero attached hydrogens (tertiary/aromatic N) is 2. The van der Waals surface area contributed by atoms with Gasteiger partial charge in [-0.1, -0.05) is 164 Å². The predicted octanol–water partition coefficient (Wildman–Crippen LogP) is 11.0. The van der Waals surface area contributed by atoms with E-state index in [9.17, 15) is 0 Å². The van der Waals surface area contributed by atoms with Crippen LogP contribution in [0.15, 0.2) is 218 Å². The zero-order valence-electron chi connectivity index (χ0n) is 31.6. The Morgan fingerprint density at radius 2 is 0.810 bits per heavy atom. The van der Waals surface area contributed by atoms with Crippen LogP contribution in [0.5, 0.6) is 11.5 Å². The molecule has 3 heterocycles. The van der Waals surface area contributed by atoms with Gasteiger partial charge in [-0.2, -0.15) is 0 Å². The quantitative estimate of drug-likeness (QED) is 0.160. The van der Waals surface area contributed by atoms with E-state index in [0.717, 1.165) is 22.9 Å². The van der Waals surface area contributed by atoms with E-state index in [1.165, 1.54) is 75.5 Å². The van der Waals surface area contributed by atoms with Crippen molar-refractivity contribution in [2.45, 2.75) is 0 Å². The Labute approximate surface area is 337 Å². The van der Waals surface area contributed by atoms with Gasteiger partial charge in [-0.15, -0.1) is 0 Å². The Balaban J connectivity index is 1.14. The first kappa shape index (κ1) is 32.8. The molecular formula is C54H36N2OSi. The number of benzene rings is 9. The lowest BCUT2D eigenvalue weighted by molar-refractivity contribution is 0.487. The summed E-state index contributed by atoms with van der Waals surface area (Å²) in [5, 5.41) is 10.2. The molecule has 0 N–H and O–H groups in total. The Morgan fingerprint density at radius 1 is 0.310 bits per heavy atom. The average molecular weight is 757 g/mol. The first-order chi connectivity index (χ1) is 28.8. The lowest BCUT2D eigenvalue weighted by atomic mass is 10.1. The molecule has 1 aliphatic rings. The summed E-state index contributed by atoms with van der Waals surface area (Å²) in [5.74, 6) is 1.87. The van der Waals surface area contributed by atoms with E-state index in [1.807, 2.05) is 0 Å². The van der Waals surface area contributed by atoms with Crippen molar-refractivity contribution in [2.75, 3.05) is 0 Å². The fraction of sp³-hybridized carbons (Fsp3) is 0. The molecule has 0 radical (unpaired) electrons. The van der Waals surface area contributed by atoms with Gasteiger partial charge < -0.3 is 13.9 Å². The fourth-order valence-corrected chi connectivity index (χ4v) is 14.7. The summed E-state index contributed by atoms with van der Waals surface area (Å²) in [6, 6.07) is 80.0. The smallest absolute Gasteiger partial charge is 0.188 e. The number of hydrogen-bond acceptors (Lipinski definition) is 1. The van der Waals surface area contributed by atoms with E-state index in [4.69, 9.17) is 4.74 Å². The van der Waals surface area contributed by atoms with Gasteiger partial charge in [0.05, 0.1) is 22.1 Å². The monoisotopic (exact) mass is 756 g/mol. The highest BCUT2D eigenvalue weighted by Crippen LogP contribution is 2.38. The molecule has 12 rings (SSSR count). The highest BCUT2D eigenvalue weighted by atomic mass is 28.3. The van der Waals surface area contributed by atoms with Crippen molar-refractivity contribution in [3.05, 3.63) is 218 Å². The first-order valence-electron chi connectivity index (χ1n) is 19.9. The molecule has 0 fully saturated rings. The number of ether oxygens (including phenoxy) is 1. The molecule has 0 saturated heterocycles. The van der Waals surface area contributed by atoms with Crippen LogP contribution < -0.4 is 25.5 Å². The summed E-state index contributed by atoms with van der Waals surface area (Å²) in [4.78, 5) is 0. The number of fused-ring (bicyclic) bond motifs is 8. The van der Waals surface area contributed by atoms with Crippen LogP contribution in [0.4, 0.5) is 0 Å².